The molecule has 4 aliphatic rings. The van der Waals surface area contributed by atoms with Crippen LogP contribution >= 0.6 is 0 Å². The summed E-state index contributed by atoms with van der Waals surface area (Å²) in [6.45, 7) is 5.00. The van der Waals surface area contributed by atoms with Crippen molar-refractivity contribution in [2.75, 3.05) is 13.7 Å². The van der Waals surface area contributed by atoms with Gasteiger partial charge in [-0.25, -0.2) is 14.8 Å². The van der Waals surface area contributed by atoms with E-state index in [9.17, 15) is 9.59 Å². The smallest absolute Gasteiger partial charge is 0.407 e. The van der Waals surface area contributed by atoms with Crippen LogP contribution in [0.3, 0.4) is 0 Å². The van der Waals surface area contributed by atoms with Crippen molar-refractivity contribution in [1.82, 2.24) is 35.5 Å². The zero-order valence-corrected chi connectivity index (χ0v) is 29.4. The Hall–Kier alpha value is -4.96. The van der Waals surface area contributed by atoms with Crippen LogP contribution in [0.5, 0.6) is 0 Å². The third-order valence-corrected chi connectivity index (χ3v) is 12.0. The quantitative estimate of drug-likeness (QED) is 0.134. The van der Waals surface area contributed by atoms with Crippen molar-refractivity contribution < 1.29 is 14.3 Å². The van der Waals surface area contributed by atoms with Gasteiger partial charge < -0.3 is 30.2 Å². The van der Waals surface area contributed by atoms with Crippen LogP contribution in [0.2, 0.25) is 0 Å². The molecular weight excluding hydrogens is 638 g/mol. The number of piperidine rings is 1. The van der Waals surface area contributed by atoms with Crippen LogP contribution in [0.15, 0.2) is 73.1 Å². The highest BCUT2D eigenvalue weighted by atomic mass is 16.5. The Bertz CT molecular complexity index is 2110. The Morgan fingerprint density at radius 3 is 2.22 bits per heavy atom. The fourth-order valence-electron chi connectivity index (χ4n) is 8.91. The normalized spacial score (nSPS) is 23.7. The van der Waals surface area contributed by atoms with Crippen LogP contribution in [0.25, 0.3) is 44.4 Å². The molecule has 5 aromatic rings. The van der Waals surface area contributed by atoms with Gasteiger partial charge in [-0.05, 0) is 95.4 Å². The lowest BCUT2D eigenvalue weighted by molar-refractivity contribution is -0.139. The number of ether oxygens (including phenoxy) is 1. The van der Waals surface area contributed by atoms with Crippen LogP contribution in [0.4, 0.5) is 4.79 Å². The summed E-state index contributed by atoms with van der Waals surface area (Å²) in [7, 11) is 1.32. The largest absolute Gasteiger partial charge is 0.453 e. The van der Waals surface area contributed by atoms with Gasteiger partial charge in [-0.15, -0.1) is 0 Å². The SMILES string of the molecule is COC(=O)N[C@H](C(=O)N1[C@@H]2CC[C@@H](C2)[C@H]1c1ncc(-c2ccc(-c3ccc4cc(-c5cnc([C@@H]6CC7(CC7)CN6)[nH]5)ccc4c3)cc2)[nH]1)C(C)C. The zero-order chi connectivity index (χ0) is 34.9. The Kier molecular flexibility index (Phi) is 7.76. The summed E-state index contributed by atoms with van der Waals surface area (Å²) in [5.74, 6) is 2.05. The summed E-state index contributed by atoms with van der Waals surface area (Å²) in [6.07, 6.45) is 10.1. The molecular formula is C41H45N7O3. The maximum absolute atomic E-state index is 13.9. The Balaban J connectivity index is 0.906. The third-order valence-electron chi connectivity index (χ3n) is 12.0. The summed E-state index contributed by atoms with van der Waals surface area (Å²) in [4.78, 5) is 44.6. The molecule has 0 unspecified atom stereocenters. The number of aromatic nitrogens is 4. The Labute approximate surface area is 297 Å². The maximum atomic E-state index is 13.9. The van der Waals surface area contributed by atoms with Crippen LogP contribution in [0.1, 0.15) is 76.1 Å². The molecule has 4 N–H and O–H groups in total. The standard InChI is InChI=1S/C41H45N7O3/c1-23(2)35(47-40(50)51-3)39(49)48-31-13-12-30(18-31)36(48)38-43-20-33(46-38)25-6-4-24(5-7-25)26-8-9-28-17-29(11-10-27(28)16-26)34-21-42-37(45-34)32-19-41(14-15-41)22-44-32/h4-11,16-17,20-21,23,30-32,35-36,44H,12-15,18-19,22H2,1-3H3,(H,42,45)(H,43,46)(H,47,50)/t30-,31+,32-,35-,36-/m0/s1. The first-order valence-corrected chi connectivity index (χ1v) is 18.4. The molecule has 10 nitrogen and oxygen atoms in total. The minimum absolute atomic E-state index is 0.0694. The molecule has 51 heavy (non-hydrogen) atoms. The third kappa shape index (κ3) is 5.79. The number of amides is 2. The molecule has 3 aromatic carbocycles. The number of carbonyl (C=O) groups excluding carboxylic acids is 2. The molecule has 0 radical (unpaired) electrons. The lowest BCUT2D eigenvalue weighted by atomic mass is 9.95. The van der Waals surface area contributed by atoms with Crippen molar-refractivity contribution in [3.63, 3.8) is 0 Å². The number of likely N-dealkylation sites (tertiary alicyclic amines) is 1. The van der Waals surface area contributed by atoms with E-state index in [4.69, 9.17) is 14.7 Å². The topological polar surface area (TPSA) is 128 Å². The fourth-order valence-corrected chi connectivity index (χ4v) is 8.91. The van der Waals surface area contributed by atoms with E-state index in [2.05, 4.69) is 81.3 Å². The minimum atomic E-state index is -0.656. The van der Waals surface area contributed by atoms with Gasteiger partial charge in [0, 0.05) is 18.2 Å². The van der Waals surface area contributed by atoms with E-state index in [1.165, 1.54) is 37.1 Å². The number of H-pyrrole nitrogens is 2. The first-order valence-electron chi connectivity index (χ1n) is 18.4. The monoisotopic (exact) mass is 683 g/mol. The van der Waals surface area contributed by atoms with E-state index in [0.29, 0.717) is 17.4 Å². The maximum Gasteiger partial charge on any atom is 0.407 e. The van der Waals surface area contributed by atoms with Gasteiger partial charge in [-0.2, -0.15) is 0 Å². The predicted octanol–water partition coefficient (Wildman–Crippen LogP) is 7.53. The summed E-state index contributed by atoms with van der Waals surface area (Å²) in [5.41, 5.74) is 7.00. The van der Waals surface area contributed by atoms with E-state index < -0.39 is 12.1 Å². The minimum Gasteiger partial charge on any atom is -0.453 e. The number of nitrogens with one attached hydrogen (secondary N) is 4. The number of methoxy groups -OCH3 is 1. The van der Waals surface area contributed by atoms with Crippen molar-refractivity contribution >= 4 is 22.8 Å². The number of aromatic amines is 2. The summed E-state index contributed by atoms with van der Waals surface area (Å²) in [6, 6.07) is 21.5. The number of hydrogen-bond donors (Lipinski definition) is 4. The number of fused-ring (bicyclic) bond motifs is 3. The van der Waals surface area contributed by atoms with Crippen molar-refractivity contribution in [3.8, 4) is 33.6 Å². The number of carbonyl (C=O) groups is 2. The van der Waals surface area contributed by atoms with Gasteiger partial charge in [0.2, 0.25) is 5.91 Å². The van der Waals surface area contributed by atoms with Gasteiger partial charge in [0.25, 0.3) is 0 Å². The fraction of sp³-hybridized carbons (Fsp3) is 0.415. The Morgan fingerprint density at radius 2 is 1.51 bits per heavy atom. The molecule has 1 spiro atoms. The van der Waals surface area contributed by atoms with Gasteiger partial charge >= 0.3 is 6.09 Å². The summed E-state index contributed by atoms with van der Waals surface area (Å²) < 4.78 is 4.82. The highest BCUT2D eigenvalue weighted by Crippen LogP contribution is 2.54. The molecule has 2 saturated carbocycles. The van der Waals surface area contributed by atoms with Crippen LogP contribution in [-0.2, 0) is 9.53 Å². The predicted molar refractivity (Wildman–Crippen MR) is 196 cm³/mol. The van der Waals surface area contributed by atoms with Gasteiger partial charge in [-0.3, -0.25) is 4.79 Å². The van der Waals surface area contributed by atoms with E-state index in [1.54, 1.807) is 0 Å². The number of imidazole rings is 2. The summed E-state index contributed by atoms with van der Waals surface area (Å²) in [5, 5.41) is 8.82. The lowest BCUT2D eigenvalue weighted by Crippen LogP contribution is -2.54. The molecule has 2 bridgehead atoms. The molecule has 2 amide bonds. The van der Waals surface area contributed by atoms with Crippen LogP contribution in [0, 0.1) is 17.3 Å². The molecule has 5 atom stereocenters. The van der Waals surface area contributed by atoms with Gasteiger partial charge in [0.1, 0.15) is 17.7 Å². The molecule has 10 heteroatoms. The van der Waals surface area contributed by atoms with Crippen LogP contribution in [-0.4, -0.2) is 62.6 Å². The first kappa shape index (κ1) is 32.0. The second-order valence-electron chi connectivity index (χ2n) is 15.6. The van der Waals surface area contributed by atoms with E-state index in [0.717, 1.165) is 71.1 Å². The number of benzene rings is 3. The molecule has 2 aromatic heterocycles. The lowest BCUT2D eigenvalue weighted by Gasteiger charge is -2.37. The number of nitrogens with zero attached hydrogens (tertiary/aromatic N) is 3. The van der Waals surface area contributed by atoms with Gasteiger partial charge in [0.05, 0.1) is 43.0 Å². The molecule has 4 heterocycles. The average Bonchev–Trinajstić information content (AvgIpc) is 3.79. The summed E-state index contributed by atoms with van der Waals surface area (Å²) >= 11 is 0. The second kappa shape index (κ2) is 12.4. The van der Waals surface area contributed by atoms with Gasteiger partial charge in [0.15, 0.2) is 0 Å². The van der Waals surface area contributed by atoms with Crippen molar-refractivity contribution in [1.29, 1.82) is 0 Å². The molecule has 2 aliphatic carbocycles. The average molecular weight is 684 g/mol. The van der Waals surface area contributed by atoms with Gasteiger partial charge in [-0.1, -0.05) is 62.4 Å². The van der Waals surface area contributed by atoms with Crippen molar-refractivity contribution in [2.24, 2.45) is 17.3 Å². The highest BCUT2D eigenvalue weighted by Gasteiger charge is 2.52. The molecule has 9 rings (SSSR count). The highest BCUT2D eigenvalue weighted by molar-refractivity contribution is 5.91. The Morgan fingerprint density at radius 1 is 0.863 bits per heavy atom. The number of alkyl carbamates (subject to hydrolysis) is 1. The number of hydrogen-bond acceptors (Lipinski definition) is 6. The molecule has 2 saturated heterocycles. The van der Waals surface area contributed by atoms with E-state index in [1.807, 2.05) is 31.1 Å². The van der Waals surface area contributed by atoms with Crippen molar-refractivity contribution in [2.45, 2.75) is 76.5 Å². The first-order chi connectivity index (χ1) is 24.8. The number of rotatable bonds is 8. The van der Waals surface area contributed by atoms with Crippen LogP contribution < -0.4 is 10.6 Å². The molecule has 262 valence electrons. The van der Waals surface area contributed by atoms with Crippen molar-refractivity contribution in [3.05, 3.63) is 84.7 Å². The zero-order valence-electron chi connectivity index (χ0n) is 29.4. The molecule has 2 aliphatic heterocycles. The second-order valence-corrected chi connectivity index (χ2v) is 15.6. The molecule has 4 fully saturated rings. The van der Waals surface area contributed by atoms with E-state index in [-0.39, 0.29) is 23.9 Å². The van der Waals surface area contributed by atoms with E-state index >= 15 is 0 Å².